The molecule has 1 aromatic carbocycles. The van der Waals surface area contributed by atoms with Crippen molar-refractivity contribution in [3.8, 4) is 5.75 Å². The second-order valence-electron chi connectivity index (χ2n) is 4.97. The maximum atomic E-state index is 11.8. The molecule has 5 heteroatoms. The fourth-order valence-electron chi connectivity index (χ4n) is 2.40. The SMILES string of the molecule is CCNC(=O)c1ccc2c(c1)CC(CCC(=O)OCC)O2. The van der Waals surface area contributed by atoms with E-state index in [1.165, 1.54) is 0 Å². The monoisotopic (exact) mass is 291 g/mol. The molecule has 1 aromatic rings. The van der Waals surface area contributed by atoms with Gasteiger partial charge in [-0.2, -0.15) is 0 Å². The van der Waals surface area contributed by atoms with E-state index < -0.39 is 0 Å². The number of carbonyl (C=O) groups is 2. The van der Waals surface area contributed by atoms with Gasteiger partial charge in [-0.3, -0.25) is 9.59 Å². The maximum absolute atomic E-state index is 11.8. The minimum absolute atomic E-state index is 0.0195. The normalized spacial score (nSPS) is 16.0. The first-order valence-electron chi connectivity index (χ1n) is 7.37. The largest absolute Gasteiger partial charge is 0.490 e. The van der Waals surface area contributed by atoms with Gasteiger partial charge in [0.05, 0.1) is 6.61 Å². The van der Waals surface area contributed by atoms with E-state index in [2.05, 4.69) is 5.32 Å². The van der Waals surface area contributed by atoms with E-state index in [9.17, 15) is 9.59 Å². The minimum atomic E-state index is -0.194. The van der Waals surface area contributed by atoms with Crippen molar-refractivity contribution in [1.82, 2.24) is 5.32 Å². The molecular formula is C16H21NO4. The molecule has 0 aromatic heterocycles. The number of hydrogen-bond acceptors (Lipinski definition) is 4. The van der Waals surface area contributed by atoms with Gasteiger partial charge >= 0.3 is 5.97 Å². The molecule has 1 amide bonds. The van der Waals surface area contributed by atoms with Crippen LogP contribution in [0, 0.1) is 0 Å². The van der Waals surface area contributed by atoms with Gasteiger partial charge in [-0.15, -0.1) is 0 Å². The van der Waals surface area contributed by atoms with Gasteiger partial charge in [0.25, 0.3) is 5.91 Å². The van der Waals surface area contributed by atoms with Crippen molar-refractivity contribution in [3.05, 3.63) is 29.3 Å². The molecule has 1 aliphatic rings. The first-order chi connectivity index (χ1) is 10.1. The number of hydrogen-bond donors (Lipinski definition) is 1. The number of benzene rings is 1. The Kier molecular flexibility index (Phi) is 5.20. The Balaban J connectivity index is 1.93. The smallest absolute Gasteiger partial charge is 0.305 e. The molecule has 0 saturated heterocycles. The lowest BCUT2D eigenvalue weighted by molar-refractivity contribution is -0.143. The standard InChI is InChI=1S/C16H21NO4/c1-3-17-16(19)11-5-7-14-12(9-11)10-13(21-14)6-8-15(18)20-4-2/h5,7,9,13H,3-4,6,8,10H2,1-2H3,(H,17,19). The van der Waals surface area contributed by atoms with Crippen LogP contribution in [-0.2, 0) is 16.0 Å². The highest BCUT2D eigenvalue weighted by Gasteiger charge is 2.24. The van der Waals surface area contributed by atoms with Crippen molar-refractivity contribution in [3.63, 3.8) is 0 Å². The Bertz CT molecular complexity index is 527. The maximum Gasteiger partial charge on any atom is 0.305 e. The highest BCUT2D eigenvalue weighted by Crippen LogP contribution is 2.31. The summed E-state index contributed by atoms with van der Waals surface area (Å²) in [6.07, 6.45) is 1.69. The van der Waals surface area contributed by atoms with Gasteiger partial charge in [0.2, 0.25) is 0 Å². The molecule has 1 heterocycles. The first-order valence-corrected chi connectivity index (χ1v) is 7.37. The Labute approximate surface area is 124 Å². The van der Waals surface area contributed by atoms with Crippen LogP contribution in [0.4, 0.5) is 0 Å². The van der Waals surface area contributed by atoms with Crippen molar-refractivity contribution >= 4 is 11.9 Å². The average molecular weight is 291 g/mol. The fourth-order valence-corrected chi connectivity index (χ4v) is 2.40. The van der Waals surface area contributed by atoms with Crippen LogP contribution >= 0.6 is 0 Å². The van der Waals surface area contributed by atoms with Crippen LogP contribution in [-0.4, -0.2) is 31.1 Å². The summed E-state index contributed by atoms with van der Waals surface area (Å²) in [5.74, 6) is 0.534. The lowest BCUT2D eigenvalue weighted by Gasteiger charge is -2.09. The number of rotatable bonds is 6. The number of fused-ring (bicyclic) bond motifs is 1. The van der Waals surface area contributed by atoms with Crippen molar-refractivity contribution in [2.75, 3.05) is 13.2 Å². The highest BCUT2D eigenvalue weighted by atomic mass is 16.5. The fraction of sp³-hybridized carbons (Fsp3) is 0.500. The summed E-state index contributed by atoms with van der Waals surface area (Å²) < 4.78 is 10.7. The third kappa shape index (κ3) is 3.97. The average Bonchev–Trinajstić information content (AvgIpc) is 2.87. The highest BCUT2D eigenvalue weighted by molar-refractivity contribution is 5.94. The van der Waals surface area contributed by atoms with Crippen LogP contribution in [0.3, 0.4) is 0 Å². The Morgan fingerprint density at radius 2 is 2.19 bits per heavy atom. The number of carbonyl (C=O) groups excluding carboxylic acids is 2. The zero-order valence-corrected chi connectivity index (χ0v) is 12.5. The second kappa shape index (κ2) is 7.11. The molecule has 0 saturated carbocycles. The Morgan fingerprint density at radius 3 is 2.90 bits per heavy atom. The Hall–Kier alpha value is -2.04. The van der Waals surface area contributed by atoms with E-state index in [-0.39, 0.29) is 18.0 Å². The third-order valence-corrected chi connectivity index (χ3v) is 3.38. The van der Waals surface area contributed by atoms with Crippen LogP contribution in [0.1, 0.15) is 42.6 Å². The number of ether oxygens (including phenoxy) is 2. The summed E-state index contributed by atoms with van der Waals surface area (Å²) in [6, 6.07) is 5.45. The lowest BCUT2D eigenvalue weighted by Crippen LogP contribution is -2.22. The van der Waals surface area contributed by atoms with Crippen LogP contribution in [0.2, 0.25) is 0 Å². The molecule has 0 fully saturated rings. The summed E-state index contributed by atoms with van der Waals surface area (Å²) in [5, 5.41) is 2.78. The number of esters is 1. The van der Waals surface area contributed by atoms with Gasteiger partial charge in [0.1, 0.15) is 11.9 Å². The van der Waals surface area contributed by atoms with Crippen LogP contribution < -0.4 is 10.1 Å². The number of nitrogens with one attached hydrogen (secondary N) is 1. The molecular weight excluding hydrogens is 270 g/mol. The summed E-state index contributed by atoms with van der Waals surface area (Å²) in [4.78, 5) is 23.2. The molecule has 1 N–H and O–H groups in total. The molecule has 5 nitrogen and oxygen atoms in total. The zero-order chi connectivity index (χ0) is 15.2. The Morgan fingerprint density at radius 1 is 1.38 bits per heavy atom. The summed E-state index contributed by atoms with van der Waals surface area (Å²) >= 11 is 0. The van der Waals surface area contributed by atoms with Crippen LogP contribution in [0.25, 0.3) is 0 Å². The van der Waals surface area contributed by atoms with Crippen molar-refractivity contribution in [1.29, 1.82) is 0 Å². The van der Waals surface area contributed by atoms with Gasteiger partial charge in [-0.05, 0) is 44.0 Å². The first kappa shape index (κ1) is 15.4. The molecule has 114 valence electrons. The van der Waals surface area contributed by atoms with Gasteiger partial charge in [0.15, 0.2) is 0 Å². The molecule has 0 spiro atoms. The lowest BCUT2D eigenvalue weighted by atomic mass is 10.0. The predicted molar refractivity (Wildman–Crippen MR) is 78.4 cm³/mol. The van der Waals surface area contributed by atoms with Gasteiger partial charge in [0, 0.05) is 24.9 Å². The zero-order valence-electron chi connectivity index (χ0n) is 12.5. The molecule has 0 bridgehead atoms. The van der Waals surface area contributed by atoms with E-state index in [1.807, 2.05) is 19.1 Å². The van der Waals surface area contributed by atoms with Gasteiger partial charge < -0.3 is 14.8 Å². The third-order valence-electron chi connectivity index (χ3n) is 3.38. The molecule has 0 radical (unpaired) electrons. The minimum Gasteiger partial charge on any atom is -0.490 e. The summed E-state index contributed by atoms with van der Waals surface area (Å²) in [5.41, 5.74) is 1.66. The van der Waals surface area contributed by atoms with E-state index in [0.29, 0.717) is 31.6 Å². The predicted octanol–water partition coefficient (Wildman–Crippen LogP) is 2.08. The molecule has 0 aliphatic carbocycles. The summed E-state index contributed by atoms with van der Waals surface area (Å²) in [7, 11) is 0. The van der Waals surface area contributed by atoms with Crippen molar-refractivity contribution < 1.29 is 19.1 Å². The molecule has 1 aliphatic heterocycles. The molecule has 1 unspecified atom stereocenters. The van der Waals surface area contributed by atoms with Crippen LogP contribution in [0.15, 0.2) is 18.2 Å². The topological polar surface area (TPSA) is 64.6 Å². The molecule has 21 heavy (non-hydrogen) atoms. The van der Waals surface area contributed by atoms with Crippen molar-refractivity contribution in [2.24, 2.45) is 0 Å². The van der Waals surface area contributed by atoms with Crippen molar-refractivity contribution in [2.45, 2.75) is 39.2 Å². The summed E-state index contributed by atoms with van der Waals surface area (Å²) in [6.45, 7) is 4.69. The van der Waals surface area contributed by atoms with E-state index in [1.54, 1.807) is 13.0 Å². The van der Waals surface area contributed by atoms with Crippen LogP contribution in [0.5, 0.6) is 5.75 Å². The molecule has 2 rings (SSSR count). The van der Waals surface area contributed by atoms with E-state index in [4.69, 9.17) is 9.47 Å². The molecule has 1 atom stereocenters. The van der Waals surface area contributed by atoms with E-state index >= 15 is 0 Å². The van der Waals surface area contributed by atoms with Gasteiger partial charge in [-0.25, -0.2) is 0 Å². The quantitative estimate of drug-likeness (QED) is 0.815. The van der Waals surface area contributed by atoms with E-state index in [0.717, 1.165) is 17.7 Å². The second-order valence-corrected chi connectivity index (χ2v) is 4.97. The number of amides is 1. The van der Waals surface area contributed by atoms with Gasteiger partial charge in [-0.1, -0.05) is 0 Å².